The first-order valence-electron chi connectivity index (χ1n) is 13.1. The SMILES string of the molecule is C=C(C)C(=O)OCCOCCOCCOc1ccc2c(OCCOCCOCCOC(=O)C(=C)C)cccc2c1. The Bertz CT molecular complexity index is 1080. The van der Waals surface area contributed by atoms with Gasteiger partial charge in [-0.3, -0.25) is 0 Å². The van der Waals surface area contributed by atoms with Gasteiger partial charge in [0.1, 0.15) is 37.9 Å². The second-order valence-electron chi connectivity index (χ2n) is 8.62. The zero-order valence-corrected chi connectivity index (χ0v) is 23.4. The summed E-state index contributed by atoms with van der Waals surface area (Å²) in [6.45, 7) is 14.5. The van der Waals surface area contributed by atoms with E-state index in [1.807, 2.05) is 36.4 Å². The summed E-state index contributed by atoms with van der Waals surface area (Å²) in [4.78, 5) is 22.5. The number of fused-ring (bicyclic) bond motifs is 1. The Kier molecular flexibility index (Phi) is 16.1. The molecule has 0 unspecified atom stereocenters. The number of carbonyl (C=O) groups excluding carboxylic acids is 2. The van der Waals surface area contributed by atoms with Gasteiger partial charge in [-0.1, -0.05) is 25.3 Å². The van der Waals surface area contributed by atoms with Crippen LogP contribution >= 0.6 is 0 Å². The molecule has 10 nitrogen and oxygen atoms in total. The van der Waals surface area contributed by atoms with Crippen molar-refractivity contribution in [1.82, 2.24) is 0 Å². The van der Waals surface area contributed by atoms with Crippen LogP contribution in [0.15, 0.2) is 60.7 Å². The van der Waals surface area contributed by atoms with Crippen LogP contribution in [0.2, 0.25) is 0 Å². The molecular formula is C30H40O10. The number of benzene rings is 2. The topological polar surface area (TPSA) is 108 Å². The van der Waals surface area contributed by atoms with Gasteiger partial charge in [0.25, 0.3) is 0 Å². The molecule has 0 bridgehead atoms. The second-order valence-corrected chi connectivity index (χ2v) is 8.62. The largest absolute Gasteiger partial charge is 0.491 e. The van der Waals surface area contributed by atoms with Crippen molar-refractivity contribution >= 4 is 22.7 Å². The monoisotopic (exact) mass is 560 g/mol. The molecular weight excluding hydrogens is 520 g/mol. The van der Waals surface area contributed by atoms with Crippen LogP contribution in [-0.2, 0) is 38.0 Å². The highest BCUT2D eigenvalue weighted by atomic mass is 16.6. The van der Waals surface area contributed by atoms with E-state index in [0.29, 0.717) is 77.2 Å². The van der Waals surface area contributed by atoms with Gasteiger partial charge in [0.15, 0.2) is 0 Å². The maximum atomic E-state index is 11.3. The number of ether oxygens (including phenoxy) is 8. The predicted molar refractivity (Wildman–Crippen MR) is 150 cm³/mol. The third-order valence-electron chi connectivity index (χ3n) is 5.16. The molecule has 0 aliphatic rings. The minimum Gasteiger partial charge on any atom is -0.491 e. The molecule has 0 aromatic heterocycles. The van der Waals surface area contributed by atoms with E-state index >= 15 is 0 Å². The van der Waals surface area contributed by atoms with E-state index in [1.165, 1.54) is 0 Å². The normalized spacial score (nSPS) is 10.8. The van der Waals surface area contributed by atoms with Crippen LogP contribution < -0.4 is 9.47 Å². The minimum absolute atomic E-state index is 0.185. The Morgan fingerprint density at radius 1 is 0.600 bits per heavy atom. The molecule has 2 aromatic carbocycles. The van der Waals surface area contributed by atoms with E-state index in [0.717, 1.165) is 22.3 Å². The van der Waals surface area contributed by atoms with Crippen molar-refractivity contribution in [3.8, 4) is 11.5 Å². The van der Waals surface area contributed by atoms with Gasteiger partial charge in [0, 0.05) is 16.5 Å². The van der Waals surface area contributed by atoms with Crippen molar-refractivity contribution in [2.75, 3.05) is 79.3 Å². The molecule has 0 saturated heterocycles. The number of esters is 2. The fraction of sp³-hybridized carbons (Fsp3) is 0.467. The Labute approximate surface area is 235 Å². The van der Waals surface area contributed by atoms with E-state index in [-0.39, 0.29) is 13.2 Å². The molecule has 0 fully saturated rings. The molecule has 40 heavy (non-hydrogen) atoms. The molecule has 220 valence electrons. The highest BCUT2D eigenvalue weighted by Gasteiger charge is 2.05. The predicted octanol–water partition coefficient (Wildman–Crippen LogP) is 3.90. The summed E-state index contributed by atoms with van der Waals surface area (Å²) in [6.07, 6.45) is 0. The molecule has 0 spiro atoms. The van der Waals surface area contributed by atoms with Gasteiger partial charge in [-0.15, -0.1) is 0 Å². The first-order chi connectivity index (χ1) is 19.4. The Morgan fingerprint density at radius 3 is 1.60 bits per heavy atom. The smallest absolute Gasteiger partial charge is 0.333 e. The highest BCUT2D eigenvalue weighted by molar-refractivity contribution is 5.89. The van der Waals surface area contributed by atoms with Crippen LogP contribution in [0.5, 0.6) is 11.5 Å². The average molecular weight is 561 g/mol. The van der Waals surface area contributed by atoms with Gasteiger partial charge in [-0.05, 0) is 43.5 Å². The average Bonchev–Trinajstić information content (AvgIpc) is 2.94. The number of hydrogen-bond acceptors (Lipinski definition) is 10. The third kappa shape index (κ3) is 13.6. The molecule has 10 heteroatoms. The van der Waals surface area contributed by atoms with Crippen LogP contribution in [0, 0.1) is 0 Å². The third-order valence-corrected chi connectivity index (χ3v) is 5.16. The van der Waals surface area contributed by atoms with Crippen molar-refractivity contribution in [2.24, 2.45) is 0 Å². The van der Waals surface area contributed by atoms with Crippen LogP contribution in [0.25, 0.3) is 10.8 Å². The summed E-state index contributed by atoms with van der Waals surface area (Å²) < 4.78 is 43.3. The Morgan fingerprint density at radius 2 is 1.07 bits per heavy atom. The molecule has 2 rings (SSSR count). The van der Waals surface area contributed by atoms with Crippen LogP contribution in [-0.4, -0.2) is 91.2 Å². The van der Waals surface area contributed by atoms with E-state index in [1.54, 1.807) is 13.8 Å². The van der Waals surface area contributed by atoms with Crippen molar-refractivity contribution < 1.29 is 47.5 Å². The van der Waals surface area contributed by atoms with Gasteiger partial charge in [0.2, 0.25) is 0 Å². The van der Waals surface area contributed by atoms with Gasteiger partial charge in [-0.25, -0.2) is 9.59 Å². The van der Waals surface area contributed by atoms with E-state index in [2.05, 4.69) is 13.2 Å². The summed E-state index contributed by atoms with van der Waals surface area (Å²) in [6, 6.07) is 11.7. The minimum atomic E-state index is -0.420. The molecule has 0 saturated carbocycles. The van der Waals surface area contributed by atoms with Crippen molar-refractivity contribution in [2.45, 2.75) is 13.8 Å². The lowest BCUT2D eigenvalue weighted by Gasteiger charge is -2.12. The summed E-state index contributed by atoms with van der Waals surface area (Å²) in [5.41, 5.74) is 0.727. The lowest BCUT2D eigenvalue weighted by molar-refractivity contribution is -0.141. The lowest BCUT2D eigenvalue weighted by Crippen LogP contribution is -2.14. The van der Waals surface area contributed by atoms with E-state index in [4.69, 9.17) is 37.9 Å². The zero-order chi connectivity index (χ0) is 29.0. The fourth-order valence-corrected chi connectivity index (χ4v) is 3.15. The first kappa shape index (κ1) is 32.8. The first-order valence-corrected chi connectivity index (χ1v) is 13.1. The molecule has 0 aliphatic heterocycles. The molecule has 2 aromatic rings. The maximum absolute atomic E-state index is 11.3. The van der Waals surface area contributed by atoms with Crippen LogP contribution in [0.3, 0.4) is 0 Å². The molecule has 0 N–H and O–H groups in total. The van der Waals surface area contributed by atoms with Crippen LogP contribution in [0.1, 0.15) is 13.8 Å². The zero-order valence-electron chi connectivity index (χ0n) is 23.4. The molecule has 0 atom stereocenters. The number of carbonyl (C=O) groups is 2. The van der Waals surface area contributed by atoms with Crippen LogP contribution in [0.4, 0.5) is 0 Å². The summed E-state index contributed by atoms with van der Waals surface area (Å²) in [7, 11) is 0. The van der Waals surface area contributed by atoms with Gasteiger partial charge >= 0.3 is 11.9 Å². The summed E-state index contributed by atoms with van der Waals surface area (Å²) in [5, 5.41) is 1.98. The number of rotatable bonds is 22. The summed E-state index contributed by atoms with van der Waals surface area (Å²) >= 11 is 0. The summed E-state index contributed by atoms with van der Waals surface area (Å²) in [5.74, 6) is 0.662. The molecule has 0 aliphatic carbocycles. The van der Waals surface area contributed by atoms with E-state index in [9.17, 15) is 9.59 Å². The van der Waals surface area contributed by atoms with Crippen molar-refractivity contribution in [1.29, 1.82) is 0 Å². The maximum Gasteiger partial charge on any atom is 0.333 e. The van der Waals surface area contributed by atoms with E-state index < -0.39 is 11.9 Å². The van der Waals surface area contributed by atoms with Gasteiger partial charge < -0.3 is 37.9 Å². The standard InChI is InChI=1S/C30H40O10/c1-23(2)29(31)39-20-16-35-12-10-33-14-18-37-26-8-9-27-25(22-26)6-5-7-28(27)38-19-15-34-11-13-36-17-21-40-30(32)24(3)4/h5-9,22H,1,3,10-21H2,2,4H3. The van der Waals surface area contributed by atoms with Crippen molar-refractivity contribution in [3.05, 3.63) is 60.7 Å². The second kappa shape index (κ2) is 19.6. The van der Waals surface area contributed by atoms with Crippen molar-refractivity contribution in [3.63, 3.8) is 0 Å². The fourth-order valence-electron chi connectivity index (χ4n) is 3.15. The highest BCUT2D eigenvalue weighted by Crippen LogP contribution is 2.28. The van der Waals surface area contributed by atoms with Gasteiger partial charge in [-0.2, -0.15) is 0 Å². The molecule has 0 radical (unpaired) electrons. The Hall–Kier alpha value is -3.44. The lowest BCUT2D eigenvalue weighted by atomic mass is 10.1. The number of hydrogen-bond donors (Lipinski definition) is 0. The molecule has 0 heterocycles. The molecule has 0 amide bonds. The quantitative estimate of drug-likeness (QED) is 0.120. The Balaban J connectivity index is 1.55. The van der Waals surface area contributed by atoms with Gasteiger partial charge in [0.05, 0.1) is 52.9 Å².